The van der Waals surface area contributed by atoms with Gasteiger partial charge in [-0.1, -0.05) is 23.7 Å². The number of benzene rings is 1. The second kappa shape index (κ2) is 7.01. The SMILES string of the molecule is CCOC(=O)CC(C[NH+]=O)c1cccc(Cl)c1. The van der Waals surface area contributed by atoms with Gasteiger partial charge in [0.2, 0.25) is 0 Å². The minimum Gasteiger partial charge on any atom is -0.466 e. The largest absolute Gasteiger partial charge is 0.466 e. The molecule has 0 bridgehead atoms. The van der Waals surface area contributed by atoms with Crippen LogP contribution in [0.4, 0.5) is 0 Å². The lowest BCUT2D eigenvalue weighted by Gasteiger charge is -2.11. The van der Waals surface area contributed by atoms with Gasteiger partial charge in [0.05, 0.1) is 18.9 Å². The van der Waals surface area contributed by atoms with Crippen LogP contribution in [0.2, 0.25) is 5.02 Å². The highest BCUT2D eigenvalue weighted by Gasteiger charge is 2.20. The van der Waals surface area contributed by atoms with Crippen LogP contribution in [0, 0.1) is 4.91 Å². The van der Waals surface area contributed by atoms with Crippen LogP contribution < -0.4 is 5.18 Å². The summed E-state index contributed by atoms with van der Waals surface area (Å²) in [4.78, 5) is 21.9. The summed E-state index contributed by atoms with van der Waals surface area (Å²) in [6.45, 7) is 2.25. The van der Waals surface area contributed by atoms with Crippen LogP contribution in [-0.4, -0.2) is 19.1 Å². The number of halogens is 1. The molecule has 0 aliphatic heterocycles. The van der Waals surface area contributed by atoms with Crippen molar-refractivity contribution in [1.82, 2.24) is 0 Å². The van der Waals surface area contributed by atoms with Crippen molar-refractivity contribution in [3.05, 3.63) is 39.8 Å². The van der Waals surface area contributed by atoms with Crippen LogP contribution in [0.15, 0.2) is 24.3 Å². The Morgan fingerprint density at radius 3 is 2.88 bits per heavy atom. The predicted octanol–water partition coefficient (Wildman–Crippen LogP) is 1.22. The van der Waals surface area contributed by atoms with E-state index in [4.69, 9.17) is 16.3 Å². The number of carbonyl (C=O) groups excluding carboxylic acids is 1. The van der Waals surface area contributed by atoms with E-state index < -0.39 is 0 Å². The molecule has 1 atom stereocenters. The van der Waals surface area contributed by atoms with Gasteiger partial charge in [-0.25, -0.2) is 0 Å². The van der Waals surface area contributed by atoms with Crippen LogP contribution >= 0.6 is 11.6 Å². The first-order valence-corrected chi connectivity index (χ1v) is 5.81. The Hall–Kier alpha value is -1.42. The zero-order valence-corrected chi connectivity index (χ0v) is 10.4. The second-order valence-corrected chi connectivity index (χ2v) is 4.05. The van der Waals surface area contributed by atoms with E-state index in [1.165, 1.54) is 0 Å². The van der Waals surface area contributed by atoms with E-state index in [0.29, 0.717) is 11.6 Å². The summed E-state index contributed by atoms with van der Waals surface area (Å²) >= 11 is 5.87. The topological polar surface area (TPSA) is 57.3 Å². The molecule has 1 rings (SSSR count). The van der Waals surface area contributed by atoms with E-state index in [9.17, 15) is 9.70 Å². The van der Waals surface area contributed by atoms with Crippen LogP contribution in [0.3, 0.4) is 0 Å². The highest BCUT2D eigenvalue weighted by atomic mass is 35.5. The quantitative estimate of drug-likeness (QED) is 0.779. The van der Waals surface area contributed by atoms with Gasteiger partial charge in [0.1, 0.15) is 0 Å². The first-order chi connectivity index (χ1) is 8.17. The van der Waals surface area contributed by atoms with Gasteiger partial charge >= 0.3 is 5.97 Å². The van der Waals surface area contributed by atoms with Crippen molar-refractivity contribution in [3.63, 3.8) is 0 Å². The van der Waals surface area contributed by atoms with Crippen LogP contribution in [0.25, 0.3) is 0 Å². The van der Waals surface area contributed by atoms with Gasteiger partial charge in [0.25, 0.3) is 0 Å². The van der Waals surface area contributed by atoms with E-state index >= 15 is 0 Å². The monoisotopic (exact) mass is 256 g/mol. The molecule has 0 fully saturated rings. The molecular formula is C12H15ClNO3+. The molecule has 1 N–H and O–H groups in total. The average molecular weight is 257 g/mol. The number of esters is 1. The summed E-state index contributed by atoms with van der Waals surface area (Å²) in [5.74, 6) is -0.530. The van der Waals surface area contributed by atoms with Gasteiger partial charge < -0.3 is 4.74 Å². The van der Waals surface area contributed by atoms with E-state index in [2.05, 4.69) is 0 Å². The van der Waals surface area contributed by atoms with Crippen LogP contribution in [0.1, 0.15) is 24.8 Å². The maximum absolute atomic E-state index is 11.4. The molecule has 0 radical (unpaired) electrons. The third-order valence-corrected chi connectivity index (χ3v) is 2.60. The number of hydrogen-bond acceptors (Lipinski definition) is 3. The third-order valence-electron chi connectivity index (χ3n) is 2.37. The average Bonchev–Trinajstić information content (AvgIpc) is 2.29. The molecule has 0 saturated carbocycles. The number of hydrogen-bond donors (Lipinski definition) is 1. The standard InChI is InChI=1S/C12H14ClNO3/c1-2-17-12(15)7-10(8-14-16)9-4-3-5-11(13)6-9/h3-6,10H,2,7-8H2,1H3/p+1. The first-order valence-electron chi connectivity index (χ1n) is 5.43. The maximum atomic E-state index is 11.4. The molecule has 0 spiro atoms. The lowest BCUT2D eigenvalue weighted by Crippen LogP contribution is -2.66. The zero-order chi connectivity index (χ0) is 12.7. The number of nitrogens with one attached hydrogen (secondary N) is 1. The van der Waals surface area contributed by atoms with E-state index in [-0.39, 0.29) is 24.9 Å². The van der Waals surface area contributed by atoms with Crippen molar-refractivity contribution >= 4 is 17.6 Å². The molecule has 1 aromatic rings. The molecular weight excluding hydrogens is 242 g/mol. The first kappa shape index (κ1) is 13.6. The molecule has 0 aliphatic carbocycles. The molecule has 17 heavy (non-hydrogen) atoms. The minimum atomic E-state index is -0.312. The molecule has 4 nitrogen and oxygen atoms in total. The van der Waals surface area contributed by atoms with Crippen molar-refractivity contribution < 1.29 is 14.7 Å². The Morgan fingerprint density at radius 1 is 1.53 bits per heavy atom. The van der Waals surface area contributed by atoms with Gasteiger partial charge in [0.15, 0.2) is 6.54 Å². The van der Waals surface area contributed by atoms with Crippen molar-refractivity contribution in [3.8, 4) is 0 Å². The fraction of sp³-hybridized carbons (Fsp3) is 0.417. The Bertz CT molecular complexity index is 395. The van der Waals surface area contributed by atoms with Gasteiger partial charge in [0, 0.05) is 9.93 Å². The molecule has 0 saturated heterocycles. The Balaban J connectivity index is 2.78. The highest BCUT2D eigenvalue weighted by Crippen LogP contribution is 2.21. The van der Waals surface area contributed by atoms with Crippen LogP contribution in [-0.2, 0) is 9.53 Å². The summed E-state index contributed by atoms with van der Waals surface area (Å²) in [7, 11) is 0. The fourth-order valence-electron chi connectivity index (χ4n) is 1.59. The molecule has 1 aromatic carbocycles. The third kappa shape index (κ3) is 4.53. The molecule has 0 aromatic heterocycles. The summed E-state index contributed by atoms with van der Waals surface area (Å²) < 4.78 is 4.87. The van der Waals surface area contributed by atoms with E-state index in [1.807, 2.05) is 11.2 Å². The normalized spacial score (nSPS) is 11.9. The van der Waals surface area contributed by atoms with Crippen molar-refractivity contribution in [2.24, 2.45) is 0 Å². The van der Waals surface area contributed by atoms with Gasteiger partial charge in [-0.05, 0) is 29.8 Å². The second-order valence-electron chi connectivity index (χ2n) is 3.61. The zero-order valence-electron chi connectivity index (χ0n) is 9.61. The minimum absolute atomic E-state index is 0.166. The summed E-state index contributed by atoms with van der Waals surface area (Å²) in [5.41, 5.74) is 0.855. The Kier molecular flexibility index (Phi) is 5.63. The van der Waals surface area contributed by atoms with Crippen molar-refractivity contribution in [2.45, 2.75) is 19.3 Å². The number of rotatable bonds is 6. The maximum Gasteiger partial charge on any atom is 0.306 e. The molecule has 92 valence electrons. The molecule has 0 amide bonds. The number of carbonyl (C=O) groups is 1. The molecule has 5 heteroatoms. The Morgan fingerprint density at radius 2 is 2.29 bits per heavy atom. The Labute approximate surface area is 105 Å². The molecule has 0 heterocycles. The summed E-state index contributed by atoms with van der Waals surface area (Å²) in [6.07, 6.45) is 0.170. The predicted molar refractivity (Wildman–Crippen MR) is 64.6 cm³/mol. The number of nitroso groups, excluding NO2 is 1. The lowest BCUT2D eigenvalue weighted by molar-refractivity contribution is -0.484. The van der Waals surface area contributed by atoms with Gasteiger partial charge in [-0.3, -0.25) is 4.79 Å². The smallest absolute Gasteiger partial charge is 0.306 e. The highest BCUT2D eigenvalue weighted by molar-refractivity contribution is 6.30. The van der Waals surface area contributed by atoms with E-state index in [0.717, 1.165) is 5.56 Å². The summed E-state index contributed by atoms with van der Waals surface area (Å²) in [6, 6.07) is 7.13. The molecule has 0 aliphatic rings. The summed E-state index contributed by atoms with van der Waals surface area (Å²) in [5, 5.41) is 2.42. The molecule has 1 unspecified atom stereocenters. The lowest BCUT2D eigenvalue weighted by atomic mass is 9.96. The fourth-order valence-corrected chi connectivity index (χ4v) is 1.79. The van der Waals surface area contributed by atoms with E-state index in [1.54, 1.807) is 25.1 Å². The van der Waals surface area contributed by atoms with Gasteiger partial charge in [-0.2, -0.15) is 0 Å². The van der Waals surface area contributed by atoms with Gasteiger partial charge in [-0.15, -0.1) is 0 Å². The van der Waals surface area contributed by atoms with Crippen LogP contribution in [0.5, 0.6) is 0 Å². The van der Waals surface area contributed by atoms with Crippen molar-refractivity contribution in [1.29, 1.82) is 0 Å². The number of ether oxygens (including phenoxy) is 1. The van der Waals surface area contributed by atoms with Crippen molar-refractivity contribution in [2.75, 3.05) is 13.2 Å².